The lowest BCUT2D eigenvalue weighted by Crippen LogP contribution is -2.39. The largest absolute Gasteiger partial charge is 0.385 e. The van der Waals surface area contributed by atoms with E-state index in [-0.39, 0.29) is 0 Å². The molecule has 1 N–H and O–H groups in total. The van der Waals surface area contributed by atoms with Gasteiger partial charge in [0, 0.05) is 25.5 Å². The molecule has 0 radical (unpaired) electrons. The van der Waals surface area contributed by atoms with Gasteiger partial charge in [-0.2, -0.15) is 11.8 Å². The predicted molar refractivity (Wildman–Crippen MR) is 82.5 cm³/mol. The minimum atomic E-state index is 0.748. The zero-order valence-corrected chi connectivity index (χ0v) is 13.1. The van der Waals surface area contributed by atoms with Crippen molar-refractivity contribution in [2.24, 2.45) is 5.92 Å². The summed E-state index contributed by atoms with van der Waals surface area (Å²) in [5.74, 6) is 3.46. The molecule has 0 heterocycles. The highest BCUT2D eigenvalue weighted by Crippen LogP contribution is 2.28. The van der Waals surface area contributed by atoms with Crippen molar-refractivity contribution in [2.75, 3.05) is 31.8 Å². The molecule has 0 aromatic heterocycles. The molecule has 0 amide bonds. The molecule has 0 saturated heterocycles. The Morgan fingerprint density at radius 3 is 2.72 bits per heavy atom. The molecule has 1 aliphatic carbocycles. The molecule has 0 aromatic rings. The minimum Gasteiger partial charge on any atom is -0.385 e. The molecule has 3 heteroatoms. The number of hydrogen-bond donors (Lipinski definition) is 1. The van der Waals surface area contributed by atoms with Crippen LogP contribution in [0.4, 0.5) is 0 Å². The Labute approximate surface area is 118 Å². The Morgan fingerprint density at radius 2 is 2.06 bits per heavy atom. The quantitative estimate of drug-likeness (QED) is 0.613. The zero-order chi connectivity index (χ0) is 13.1. The molecule has 1 atom stereocenters. The van der Waals surface area contributed by atoms with Gasteiger partial charge in [-0.15, -0.1) is 0 Å². The third-order valence-corrected chi connectivity index (χ3v) is 4.98. The van der Waals surface area contributed by atoms with Gasteiger partial charge in [0.2, 0.25) is 0 Å². The average Bonchev–Trinajstić information content (AvgIpc) is 2.43. The lowest BCUT2D eigenvalue weighted by Gasteiger charge is -2.31. The molecule has 108 valence electrons. The van der Waals surface area contributed by atoms with E-state index in [2.05, 4.69) is 24.0 Å². The molecule has 18 heavy (non-hydrogen) atoms. The Kier molecular flexibility index (Phi) is 10.1. The predicted octanol–water partition coefficient (Wildman–Crippen LogP) is 3.70. The highest BCUT2D eigenvalue weighted by molar-refractivity contribution is 7.99. The van der Waals surface area contributed by atoms with Crippen molar-refractivity contribution in [3.8, 4) is 0 Å². The monoisotopic (exact) mass is 273 g/mol. The van der Waals surface area contributed by atoms with Crippen molar-refractivity contribution in [3.05, 3.63) is 0 Å². The fraction of sp³-hybridized carbons (Fsp3) is 1.00. The van der Waals surface area contributed by atoms with Crippen LogP contribution in [0.5, 0.6) is 0 Å². The number of methoxy groups -OCH3 is 1. The first-order valence-electron chi connectivity index (χ1n) is 7.68. The van der Waals surface area contributed by atoms with E-state index in [4.69, 9.17) is 4.74 Å². The Bertz CT molecular complexity index is 183. The van der Waals surface area contributed by atoms with Crippen molar-refractivity contribution in [1.82, 2.24) is 5.32 Å². The lowest BCUT2D eigenvalue weighted by atomic mass is 9.84. The molecule has 1 unspecified atom stereocenters. The summed E-state index contributed by atoms with van der Waals surface area (Å²) >= 11 is 2.10. The first kappa shape index (κ1) is 16.3. The maximum atomic E-state index is 5.10. The van der Waals surface area contributed by atoms with Crippen LogP contribution in [0.2, 0.25) is 0 Å². The molecule has 1 fully saturated rings. The van der Waals surface area contributed by atoms with Crippen LogP contribution in [0, 0.1) is 5.92 Å². The van der Waals surface area contributed by atoms with Crippen molar-refractivity contribution >= 4 is 11.8 Å². The van der Waals surface area contributed by atoms with Crippen molar-refractivity contribution in [3.63, 3.8) is 0 Å². The summed E-state index contributed by atoms with van der Waals surface area (Å²) in [6.07, 6.45) is 9.68. The van der Waals surface area contributed by atoms with Gasteiger partial charge in [0.15, 0.2) is 0 Å². The number of thioether (sulfide) groups is 1. The van der Waals surface area contributed by atoms with Crippen molar-refractivity contribution in [1.29, 1.82) is 0 Å². The number of rotatable bonds is 10. The van der Waals surface area contributed by atoms with Crippen LogP contribution < -0.4 is 5.32 Å². The van der Waals surface area contributed by atoms with E-state index in [9.17, 15) is 0 Å². The summed E-state index contributed by atoms with van der Waals surface area (Å²) in [5.41, 5.74) is 0. The van der Waals surface area contributed by atoms with Crippen LogP contribution in [-0.4, -0.2) is 37.8 Å². The van der Waals surface area contributed by atoms with Gasteiger partial charge in [-0.3, -0.25) is 0 Å². The van der Waals surface area contributed by atoms with Gasteiger partial charge in [-0.05, 0) is 43.9 Å². The third-order valence-electron chi connectivity index (χ3n) is 3.81. The van der Waals surface area contributed by atoms with Gasteiger partial charge >= 0.3 is 0 Å². The van der Waals surface area contributed by atoms with Gasteiger partial charge in [0.1, 0.15) is 0 Å². The molecule has 1 saturated carbocycles. The summed E-state index contributed by atoms with van der Waals surface area (Å²) in [7, 11) is 1.79. The molecule has 0 aliphatic heterocycles. The van der Waals surface area contributed by atoms with Crippen LogP contribution in [0.1, 0.15) is 51.9 Å². The second-order valence-corrected chi connectivity index (χ2v) is 6.53. The van der Waals surface area contributed by atoms with Gasteiger partial charge in [0.25, 0.3) is 0 Å². The van der Waals surface area contributed by atoms with E-state index < -0.39 is 0 Å². The zero-order valence-electron chi connectivity index (χ0n) is 12.2. The van der Waals surface area contributed by atoms with Crippen LogP contribution in [0.25, 0.3) is 0 Å². The first-order valence-corrected chi connectivity index (χ1v) is 8.84. The molecule has 0 spiro atoms. The maximum absolute atomic E-state index is 5.10. The number of ether oxygens (including phenoxy) is 1. The maximum Gasteiger partial charge on any atom is 0.0470 e. The van der Waals surface area contributed by atoms with Gasteiger partial charge in [-0.25, -0.2) is 0 Å². The molecule has 0 aromatic carbocycles. The fourth-order valence-corrected chi connectivity index (χ4v) is 3.88. The second-order valence-electron chi connectivity index (χ2n) is 5.38. The molecular formula is C15H31NOS. The Morgan fingerprint density at radius 1 is 1.28 bits per heavy atom. The topological polar surface area (TPSA) is 21.3 Å². The number of nitrogens with one attached hydrogen (secondary N) is 1. The summed E-state index contributed by atoms with van der Waals surface area (Å²) < 4.78 is 5.10. The standard InChI is InChI=1S/C15H31NOS/c1-3-10-16-15(13-18-12-7-11-17-2)14-8-5-4-6-9-14/h14-16H,3-13H2,1-2H3. The van der Waals surface area contributed by atoms with Crippen molar-refractivity contribution < 1.29 is 4.74 Å². The SMILES string of the molecule is CCCNC(CSCCCOC)C1CCCCC1. The third kappa shape index (κ3) is 7.01. The number of hydrogen-bond acceptors (Lipinski definition) is 3. The molecular weight excluding hydrogens is 242 g/mol. The van der Waals surface area contributed by atoms with E-state index in [0.717, 1.165) is 18.6 Å². The van der Waals surface area contributed by atoms with Crippen LogP contribution >= 0.6 is 11.8 Å². The van der Waals surface area contributed by atoms with E-state index in [1.54, 1.807) is 7.11 Å². The molecule has 2 nitrogen and oxygen atoms in total. The molecule has 1 rings (SSSR count). The van der Waals surface area contributed by atoms with Gasteiger partial charge < -0.3 is 10.1 Å². The molecule has 1 aliphatic rings. The van der Waals surface area contributed by atoms with E-state index >= 15 is 0 Å². The van der Waals surface area contributed by atoms with E-state index in [1.807, 2.05) is 0 Å². The minimum absolute atomic E-state index is 0.748. The van der Waals surface area contributed by atoms with Crippen LogP contribution in [0.3, 0.4) is 0 Å². The van der Waals surface area contributed by atoms with E-state index in [1.165, 1.54) is 63.0 Å². The van der Waals surface area contributed by atoms with Gasteiger partial charge in [-0.1, -0.05) is 26.2 Å². The lowest BCUT2D eigenvalue weighted by molar-refractivity contribution is 0.200. The van der Waals surface area contributed by atoms with Crippen LogP contribution in [-0.2, 0) is 4.74 Å². The molecule has 0 bridgehead atoms. The Balaban J connectivity index is 2.21. The second kappa shape index (κ2) is 11.1. The fourth-order valence-electron chi connectivity index (χ4n) is 2.74. The smallest absolute Gasteiger partial charge is 0.0470 e. The van der Waals surface area contributed by atoms with Gasteiger partial charge in [0.05, 0.1) is 0 Å². The van der Waals surface area contributed by atoms with E-state index in [0.29, 0.717) is 0 Å². The summed E-state index contributed by atoms with van der Waals surface area (Å²) in [4.78, 5) is 0. The Hall–Kier alpha value is 0.270. The summed E-state index contributed by atoms with van der Waals surface area (Å²) in [6.45, 7) is 4.35. The summed E-state index contributed by atoms with van der Waals surface area (Å²) in [6, 6.07) is 0.748. The highest BCUT2D eigenvalue weighted by Gasteiger charge is 2.22. The summed E-state index contributed by atoms with van der Waals surface area (Å²) in [5, 5.41) is 3.78. The highest BCUT2D eigenvalue weighted by atomic mass is 32.2. The van der Waals surface area contributed by atoms with Crippen molar-refractivity contribution in [2.45, 2.75) is 57.9 Å². The first-order chi connectivity index (χ1) is 8.88. The van der Waals surface area contributed by atoms with Crippen LogP contribution in [0.15, 0.2) is 0 Å². The normalized spacial score (nSPS) is 19.0. The average molecular weight is 273 g/mol.